The van der Waals surface area contributed by atoms with Crippen LogP contribution in [0.1, 0.15) is 0 Å². The molecule has 0 aliphatic heterocycles. The highest BCUT2D eigenvalue weighted by Gasteiger charge is 2.09. The molecule has 0 saturated heterocycles. The van der Waals surface area contributed by atoms with E-state index >= 15 is 0 Å². The standard InChI is InChI=1S/C14H10ClN3O2/c15-8-4-5-11-12(6-8)17-14(20)18(13(11)19)10-3-1-2-9(16)7-10/h1-7H,16H2,(H,17,20). The summed E-state index contributed by atoms with van der Waals surface area (Å²) in [6.07, 6.45) is 0. The van der Waals surface area contributed by atoms with Crippen LogP contribution < -0.4 is 17.0 Å². The third-order valence-corrected chi connectivity index (χ3v) is 3.22. The van der Waals surface area contributed by atoms with Gasteiger partial charge in [0.05, 0.1) is 16.6 Å². The Morgan fingerprint density at radius 1 is 1.10 bits per heavy atom. The average molecular weight is 288 g/mol. The zero-order valence-electron chi connectivity index (χ0n) is 10.3. The molecule has 0 amide bonds. The average Bonchev–Trinajstić information content (AvgIpc) is 2.38. The molecule has 0 radical (unpaired) electrons. The van der Waals surface area contributed by atoms with Crippen LogP contribution in [0, 0.1) is 0 Å². The summed E-state index contributed by atoms with van der Waals surface area (Å²) < 4.78 is 1.05. The Morgan fingerprint density at radius 3 is 2.65 bits per heavy atom. The van der Waals surface area contributed by atoms with Crippen molar-refractivity contribution >= 4 is 28.2 Å². The minimum Gasteiger partial charge on any atom is -0.399 e. The predicted octanol–water partition coefficient (Wildman–Crippen LogP) is 1.91. The molecule has 0 atom stereocenters. The van der Waals surface area contributed by atoms with E-state index in [1.807, 2.05) is 0 Å². The van der Waals surface area contributed by atoms with Crippen molar-refractivity contribution < 1.29 is 0 Å². The molecule has 100 valence electrons. The van der Waals surface area contributed by atoms with Crippen LogP contribution in [0.3, 0.4) is 0 Å². The minimum atomic E-state index is -0.532. The Kier molecular flexibility index (Phi) is 2.84. The number of nitrogens with one attached hydrogen (secondary N) is 1. The van der Waals surface area contributed by atoms with Gasteiger partial charge in [-0.25, -0.2) is 9.36 Å². The molecular weight excluding hydrogens is 278 g/mol. The van der Waals surface area contributed by atoms with E-state index in [0.29, 0.717) is 27.3 Å². The van der Waals surface area contributed by atoms with E-state index in [4.69, 9.17) is 17.3 Å². The van der Waals surface area contributed by atoms with E-state index in [1.54, 1.807) is 42.5 Å². The van der Waals surface area contributed by atoms with Crippen LogP contribution in [0.15, 0.2) is 52.1 Å². The first kappa shape index (κ1) is 12.5. The fourth-order valence-electron chi connectivity index (χ4n) is 2.09. The summed E-state index contributed by atoms with van der Waals surface area (Å²) in [6.45, 7) is 0. The van der Waals surface area contributed by atoms with E-state index in [0.717, 1.165) is 4.57 Å². The molecule has 0 aliphatic rings. The molecule has 3 rings (SSSR count). The number of halogens is 1. The summed E-state index contributed by atoms with van der Waals surface area (Å²) in [6, 6.07) is 11.3. The van der Waals surface area contributed by atoms with Crippen molar-refractivity contribution in [1.82, 2.24) is 9.55 Å². The Bertz CT molecular complexity index is 928. The van der Waals surface area contributed by atoms with Crippen LogP contribution in [-0.2, 0) is 0 Å². The van der Waals surface area contributed by atoms with Crippen LogP contribution in [0.5, 0.6) is 0 Å². The highest BCUT2D eigenvalue weighted by atomic mass is 35.5. The zero-order valence-corrected chi connectivity index (χ0v) is 11.0. The van der Waals surface area contributed by atoms with Crippen molar-refractivity contribution in [1.29, 1.82) is 0 Å². The number of rotatable bonds is 1. The lowest BCUT2D eigenvalue weighted by atomic mass is 10.2. The van der Waals surface area contributed by atoms with Crippen molar-refractivity contribution in [2.75, 3.05) is 5.73 Å². The van der Waals surface area contributed by atoms with E-state index in [1.165, 1.54) is 0 Å². The van der Waals surface area contributed by atoms with E-state index < -0.39 is 11.2 Å². The number of nitrogens with two attached hydrogens (primary N) is 1. The molecule has 0 unspecified atom stereocenters. The summed E-state index contributed by atoms with van der Waals surface area (Å²) in [5.41, 5.74) is 6.05. The Labute approximate surface area is 118 Å². The van der Waals surface area contributed by atoms with Gasteiger partial charge in [0, 0.05) is 10.7 Å². The zero-order chi connectivity index (χ0) is 14.3. The fraction of sp³-hybridized carbons (Fsp3) is 0. The van der Waals surface area contributed by atoms with Gasteiger partial charge in [0.15, 0.2) is 0 Å². The maximum atomic E-state index is 12.4. The number of aromatic nitrogens is 2. The molecule has 3 N–H and O–H groups in total. The molecule has 20 heavy (non-hydrogen) atoms. The lowest BCUT2D eigenvalue weighted by molar-refractivity contribution is 0.902. The van der Waals surface area contributed by atoms with E-state index in [9.17, 15) is 9.59 Å². The second kappa shape index (κ2) is 4.54. The van der Waals surface area contributed by atoms with E-state index in [2.05, 4.69) is 4.98 Å². The molecule has 1 heterocycles. The highest BCUT2D eigenvalue weighted by Crippen LogP contribution is 2.14. The number of nitrogens with zero attached hydrogens (tertiary/aromatic N) is 1. The quantitative estimate of drug-likeness (QED) is 0.671. The van der Waals surface area contributed by atoms with Crippen LogP contribution >= 0.6 is 11.6 Å². The van der Waals surface area contributed by atoms with Crippen molar-refractivity contribution in [3.63, 3.8) is 0 Å². The smallest absolute Gasteiger partial charge is 0.333 e. The molecule has 0 fully saturated rings. The summed E-state index contributed by atoms with van der Waals surface area (Å²) >= 11 is 5.85. The first-order valence-corrected chi connectivity index (χ1v) is 6.24. The van der Waals surface area contributed by atoms with Gasteiger partial charge in [-0.3, -0.25) is 4.79 Å². The van der Waals surface area contributed by atoms with Crippen LogP contribution in [0.4, 0.5) is 5.69 Å². The lowest BCUT2D eigenvalue weighted by Gasteiger charge is -2.07. The monoisotopic (exact) mass is 287 g/mol. The molecule has 0 bridgehead atoms. The third kappa shape index (κ3) is 1.98. The summed E-state index contributed by atoms with van der Waals surface area (Å²) in [5.74, 6) is 0. The number of hydrogen-bond acceptors (Lipinski definition) is 3. The Hall–Kier alpha value is -2.53. The van der Waals surface area contributed by atoms with Gasteiger partial charge in [0.1, 0.15) is 0 Å². The predicted molar refractivity (Wildman–Crippen MR) is 79.6 cm³/mol. The second-order valence-electron chi connectivity index (χ2n) is 4.36. The molecule has 0 aliphatic carbocycles. The summed E-state index contributed by atoms with van der Waals surface area (Å²) in [5, 5.41) is 0.839. The normalized spacial score (nSPS) is 10.8. The van der Waals surface area contributed by atoms with Crippen LogP contribution in [-0.4, -0.2) is 9.55 Å². The molecular formula is C14H10ClN3O2. The number of H-pyrrole nitrogens is 1. The van der Waals surface area contributed by atoms with Gasteiger partial charge in [-0.2, -0.15) is 0 Å². The molecule has 0 saturated carbocycles. The van der Waals surface area contributed by atoms with Crippen molar-refractivity contribution in [2.45, 2.75) is 0 Å². The van der Waals surface area contributed by atoms with Crippen molar-refractivity contribution in [3.05, 3.63) is 68.3 Å². The van der Waals surface area contributed by atoms with Gasteiger partial charge in [-0.1, -0.05) is 17.7 Å². The van der Waals surface area contributed by atoms with E-state index in [-0.39, 0.29) is 0 Å². The highest BCUT2D eigenvalue weighted by molar-refractivity contribution is 6.31. The van der Waals surface area contributed by atoms with Crippen molar-refractivity contribution in [2.24, 2.45) is 0 Å². The SMILES string of the molecule is Nc1cccc(-n2c(=O)[nH]c3cc(Cl)ccc3c2=O)c1. The summed E-state index contributed by atoms with van der Waals surface area (Å²) in [7, 11) is 0. The maximum absolute atomic E-state index is 12.4. The number of nitrogen functional groups attached to an aromatic ring is 1. The number of anilines is 1. The van der Waals surface area contributed by atoms with Gasteiger partial charge in [0.2, 0.25) is 0 Å². The van der Waals surface area contributed by atoms with Gasteiger partial charge in [-0.05, 0) is 36.4 Å². The molecule has 2 aromatic carbocycles. The molecule has 6 heteroatoms. The first-order valence-electron chi connectivity index (χ1n) is 5.87. The van der Waals surface area contributed by atoms with Gasteiger partial charge < -0.3 is 10.7 Å². The molecule has 1 aromatic heterocycles. The number of aromatic amines is 1. The van der Waals surface area contributed by atoms with Crippen LogP contribution in [0.2, 0.25) is 5.02 Å². The number of fused-ring (bicyclic) bond motifs is 1. The maximum Gasteiger partial charge on any atom is 0.333 e. The molecule has 3 aromatic rings. The number of benzene rings is 2. The minimum absolute atomic E-state index is 0.386. The molecule has 0 spiro atoms. The Morgan fingerprint density at radius 2 is 1.90 bits per heavy atom. The number of hydrogen-bond donors (Lipinski definition) is 2. The van der Waals surface area contributed by atoms with Gasteiger partial charge in [-0.15, -0.1) is 0 Å². The first-order chi connectivity index (χ1) is 9.56. The topological polar surface area (TPSA) is 80.9 Å². The summed E-state index contributed by atoms with van der Waals surface area (Å²) in [4.78, 5) is 27.2. The third-order valence-electron chi connectivity index (χ3n) is 2.99. The van der Waals surface area contributed by atoms with Gasteiger partial charge >= 0.3 is 5.69 Å². The van der Waals surface area contributed by atoms with Gasteiger partial charge in [0.25, 0.3) is 5.56 Å². The largest absolute Gasteiger partial charge is 0.399 e. The fourth-order valence-corrected chi connectivity index (χ4v) is 2.26. The van der Waals surface area contributed by atoms with Crippen LogP contribution in [0.25, 0.3) is 16.6 Å². The Balaban J connectivity index is 2.41. The lowest BCUT2D eigenvalue weighted by Crippen LogP contribution is -2.33. The molecule has 5 nitrogen and oxygen atoms in total. The second-order valence-corrected chi connectivity index (χ2v) is 4.79. The van der Waals surface area contributed by atoms with Crippen molar-refractivity contribution in [3.8, 4) is 5.69 Å².